The summed E-state index contributed by atoms with van der Waals surface area (Å²) in [5.41, 5.74) is 3.79. The van der Waals surface area contributed by atoms with Gasteiger partial charge in [-0.2, -0.15) is 0 Å². The molecule has 0 unspecified atom stereocenters. The number of anilines is 3. The normalized spacial score (nSPS) is 10.5. The number of nitrogens with zero attached hydrogens (tertiary/aromatic N) is 2. The Hall–Kier alpha value is -2.14. The van der Waals surface area contributed by atoms with Gasteiger partial charge in [0.15, 0.2) is 0 Å². The van der Waals surface area contributed by atoms with Gasteiger partial charge in [-0.25, -0.2) is 0 Å². The van der Waals surface area contributed by atoms with Crippen LogP contribution in [-0.4, -0.2) is 17.0 Å². The van der Waals surface area contributed by atoms with Crippen LogP contribution < -0.4 is 10.6 Å². The van der Waals surface area contributed by atoms with E-state index in [2.05, 4.69) is 42.6 Å². The number of pyridine rings is 2. The predicted molar refractivity (Wildman–Crippen MR) is 86.5 cm³/mol. The van der Waals surface area contributed by atoms with E-state index in [1.54, 1.807) is 18.6 Å². The summed E-state index contributed by atoms with van der Waals surface area (Å²) < 4.78 is 0.973. The van der Waals surface area contributed by atoms with Crippen LogP contribution in [0.4, 0.5) is 17.1 Å². The highest BCUT2D eigenvalue weighted by atomic mass is 79.9. The third-order valence-electron chi connectivity index (χ3n) is 2.98. The van der Waals surface area contributed by atoms with Gasteiger partial charge in [0.05, 0.1) is 35.0 Å². The Balaban J connectivity index is 2.02. The number of hydrogen-bond acceptors (Lipinski definition) is 4. The minimum atomic E-state index is 0.925. The highest BCUT2D eigenvalue weighted by molar-refractivity contribution is 9.10. The summed E-state index contributed by atoms with van der Waals surface area (Å²) in [5, 5.41) is 7.52. The topological polar surface area (TPSA) is 49.8 Å². The van der Waals surface area contributed by atoms with Crippen LogP contribution in [0, 0.1) is 0 Å². The highest BCUT2D eigenvalue weighted by Crippen LogP contribution is 2.27. The molecule has 0 atom stereocenters. The van der Waals surface area contributed by atoms with Gasteiger partial charge in [-0.3, -0.25) is 9.97 Å². The van der Waals surface area contributed by atoms with Crippen molar-refractivity contribution in [2.45, 2.75) is 0 Å². The first-order chi connectivity index (χ1) is 9.76. The lowest BCUT2D eigenvalue weighted by molar-refractivity contribution is 1.30. The second kappa shape index (κ2) is 5.46. The fourth-order valence-electron chi connectivity index (χ4n) is 2.04. The Kier molecular flexibility index (Phi) is 3.52. The first-order valence-electron chi connectivity index (χ1n) is 6.20. The van der Waals surface area contributed by atoms with Crippen molar-refractivity contribution in [3.63, 3.8) is 0 Å². The van der Waals surface area contributed by atoms with Crippen LogP contribution in [0.3, 0.4) is 0 Å². The maximum absolute atomic E-state index is 4.47. The number of rotatable bonds is 3. The molecule has 1 aromatic carbocycles. The standard InChI is InChI=1S/C15H13BrN4/c1-17-12-6-13(9-18-8-12)20-14-4-2-3-10-5-11(16)7-19-15(10)14/h2-9,17,20H,1H3. The smallest absolute Gasteiger partial charge is 0.0937 e. The number of hydrogen-bond donors (Lipinski definition) is 2. The molecular weight excluding hydrogens is 316 g/mol. The average molecular weight is 329 g/mol. The van der Waals surface area contributed by atoms with Crippen molar-refractivity contribution < 1.29 is 0 Å². The fourth-order valence-corrected chi connectivity index (χ4v) is 2.38. The van der Waals surface area contributed by atoms with Crippen LogP contribution in [-0.2, 0) is 0 Å². The lowest BCUT2D eigenvalue weighted by Crippen LogP contribution is -1.96. The van der Waals surface area contributed by atoms with Crippen molar-refractivity contribution in [1.82, 2.24) is 9.97 Å². The summed E-state index contributed by atoms with van der Waals surface area (Å²) in [6.45, 7) is 0. The number of fused-ring (bicyclic) bond motifs is 1. The van der Waals surface area contributed by atoms with E-state index in [0.29, 0.717) is 0 Å². The molecule has 2 heterocycles. The van der Waals surface area contributed by atoms with Crippen LogP contribution in [0.15, 0.2) is 53.4 Å². The Bertz CT molecular complexity index is 758. The van der Waals surface area contributed by atoms with Gasteiger partial charge in [0.2, 0.25) is 0 Å². The van der Waals surface area contributed by atoms with E-state index in [0.717, 1.165) is 32.4 Å². The van der Waals surface area contributed by atoms with E-state index in [4.69, 9.17) is 0 Å². The first-order valence-corrected chi connectivity index (χ1v) is 6.99. The minimum Gasteiger partial charge on any atom is -0.387 e. The van der Waals surface area contributed by atoms with Crippen LogP contribution in [0.25, 0.3) is 10.9 Å². The zero-order chi connectivity index (χ0) is 13.9. The molecule has 2 aromatic heterocycles. The minimum absolute atomic E-state index is 0.925. The molecule has 0 saturated heterocycles. The largest absolute Gasteiger partial charge is 0.387 e. The van der Waals surface area contributed by atoms with E-state index in [-0.39, 0.29) is 0 Å². The lowest BCUT2D eigenvalue weighted by Gasteiger charge is -2.10. The van der Waals surface area contributed by atoms with Gasteiger partial charge in [0.25, 0.3) is 0 Å². The molecule has 5 heteroatoms. The second-order valence-electron chi connectivity index (χ2n) is 4.37. The molecule has 3 rings (SSSR count). The van der Waals surface area contributed by atoms with Gasteiger partial charge in [0, 0.05) is 23.1 Å². The average Bonchev–Trinajstić information content (AvgIpc) is 2.47. The molecule has 100 valence electrons. The quantitative estimate of drug-likeness (QED) is 0.757. The number of nitrogens with one attached hydrogen (secondary N) is 2. The molecular formula is C15H13BrN4. The highest BCUT2D eigenvalue weighted by Gasteiger charge is 2.04. The first kappa shape index (κ1) is 12.9. The molecule has 2 N–H and O–H groups in total. The lowest BCUT2D eigenvalue weighted by atomic mass is 10.2. The summed E-state index contributed by atoms with van der Waals surface area (Å²) in [6, 6.07) is 10.1. The maximum atomic E-state index is 4.47. The number of benzene rings is 1. The zero-order valence-corrected chi connectivity index (χ0v) is 12.5. The van der Waals surface area contributed by atoms with Crippen molar-refractivity contribution >= 4 is 43.9 Å². The summed E-state index contributed by atoms with van der Waals surface area (Å²) >= 11 is 3.44. The molecule has 0 saturated carbocycles. The van der Waals surface area contributed by atoms with E-state index in [1.807, 2.05) is 31.3 Å². The molecule has 20 heavy (non-hydrogen) atoms. The molecule has 3 aromatic rings. The third-order valence-corrected chi connectivity index (χ3v) is 3.42. The van der Waals surface area contributed by atoms with Gasteiger partial charge in [-0.05, 0) is 34.1 Å². The number of halogens is 1. The monoisotopic (exact) mass is 328 g/mol. The van der Waals surface area contributed by atoms with E-state index in [9.17, 15) is 0 Å². The van der Waals surface area contributed by atoms with Crippen LogP contribution in [0.2, 0.25) is 0 Å². The Labute approximate surface area is 125 Å². The van der Waals surface area contributed by atoms with Crippen LogP contribution in [0.5, 0.6) is 0 Å². The molecule has 4 nitrogen and oxygen atoms in total. The van der Waals surface area contributed by atoms with E-state index < -0.39 is 0 Å². The summed E-state index contributed by atoms with van der Waals surface area (Å²) in [5.74, 6) is 0. The summed E-state index contributed by atoms with van der Waals surface area (Å²) in [7, 11) is 1.87. The van der Waals surface area contributed by atoms with Crippen molar-refractivity contribution in [2.24, 2.45) is 0 Å². The number of aromatic nitrogens is 2. The van der Waals surface area contributed by atoms with Crippen molar-refractivity contribution in [3.8, 4) is 0 Å². The predicted octanol–water partition coefficient (Wildman–Crippen LogP) is 4.18. The Morgan fingerprint density at radius 3 is 2.75 bits per heavy atom. The molecule has 0 bridgehead atoms. The SMILES string of the molecule is CNc1cncc(Nc2cccc3cc(Br)cnc23)c1. The van der Waals surface area contributed by atoms with E-state index >= 15 is 0 Å². The molecule has 0 aliphatic rings. The van der Waals surface area contributed by atoms with Crippen molar-refractivity contribution in [2.75, 3.05) is 17.7 Å². The van der Waals surface area contributed by atoms with Gasteiger partial charge >= 0.3 is 0 Å². The molecule has 0 aliphatic carbocycles. The summed E-state index contributed by atoms with van der Waals surface area (Å²) in [4.78, 5) is 8.67. The Morgan fingerprint density at radius 2 is 1.90 bits per heavy atom. The van der Waals surface area contributed by atoms with Crippen molar-refractivity contribution in [1.29, 1.82) is 0 Å². The molecule has 0 aliphatic heterocycles. The van der Waals surface area contributed by atoms with Crippen LogP contribution in [0.1, 0.15) is 0 Å². The molecule has 0 spiro atoms. The summed E-state index contributed by atoms with van der Waals surface area (Å²) in [6.07, 6.45) is 5.37. The van der Waals surface area contributed by atoms with Gasteiger partial charge < -0.3 is 10.6 Å². The Morgan fingerprint density at radius 1 is 1.05 bits per heavy atom. The molecule has 0 radical (unpaired) electrons. The fraction of sp³-hybridized carbons (Fsp3) is 0.0667. The zero-order valence-electron chi connectivity index (χ0n) is 10.9. The molecule has 0 amide bonds. The van der Waals surface area contributed by atoms with Gasteiger partial charge in [0.1, 0.15) is 0 Å². The van der Waals surface area contributed by atoms with Gasteiger partial charge in [-0.1, -0.05) is 12.1 Å². The maximum Gasteiger partial charge on any atom is 0.0937 e. The molecule has 0 fully saturated rings. The van der Waals surface area contributed by atoms with Crippen molar-refractivity contribution in [3.05, 3.63) is 53.4 Å². The second-order valence-corrected chi connectivity index (χ2v) is 5.28. The van der Waals surface area contributed by atoms with E-state index in [1.165, 1.54) is 0 Å². The third kappa shape index (κ3) is 2.58. The number of para-hydroxylation sites is 1. The van der Waals surface area contributed by atoms with Gasteiger partial charge in [-0.15, -0.1) is 0 Å². The van der Waals surface area contributed by atoms with Crippen LogP contribution >= 0.6 is 15.9 Å².